The molecule has 2 aliphatic rings. The van der Waals surface area contributed by atoms with Crippen LogP contribution in [0.2, 0.25) is 0 Å². The lowest BCUT2D eigenvalue weighted by molar-refractivity contribution is 0.0761. The monoisotopic (exact) mass is 352 g/mol. The van der Waals surface area contributed by atoms with Crippen LogP contribution >= 0.6 is 0 Å². The van der Waals surface area contributed by atoms with Crippen molar-refractivity contribution in [2.45, 2.75) is 31.8 Å². The van der Waals surface area contributed by atoms with Crippen molar-refractivity contribution in [3.8, 4) is 0 Å². The second kappa shape index (κ2) is 7.23. The van der Waals surface area contributed by atoms with Crippen LogP contribution in [0.5, 0.6) is 0 Å². The second-order valence-corrected chi connectivity index (χ2v) is 7.91. The Morgan fingerprint density at radius 3 is 2.88 bits per heavy atom. The van der Waals surface area contributed by atoms with E-state index in [1.54, 1.807) is 0 Å². The highest BCUT2D eigenvalue weighted by molar-refractivity contribution is 5.93. The molecule has 4 rings (SSSR count). The Balaban J connectivity index is 1.46. The molecule has 2 aromatic heterocycles. The lowest BCUT2D eigenvalue weighted by atomic mass is 9.77. The smallest absolute Gasteiger partial charge is 0.270 e. The lowest BCUT2D eigenvalue weighted by Crippen LogP contribution is -2.43. The van der Waals surface area contributed by atoms with Gasteiger partial charge in [0.05, 0.1) is 0 Å². The van der Waals surface area contributed by atoms with Gasteiger partial charge in [0, 0.05) is 51.3 Å². The molecule has 3 atom stereocenters. The Morgan fingerprint density at radius 1 is 1.27 bits per heavy atom. The van der Waals surface area contributed by atoms with Crippen LogP contribution in [0.3, 0.4) is 0 Å². The number of aryl methyl sites for hydroxylation is 1. The van der Waals surface area contributed by atoms with Gasteiger partial charge in [-0.15, -0.1) is 0 Å². The molecule has 2 fully saturated rings. The van der Waals surface area contributed by atoms with E-state index in [4.69, 9.17) is 0 Å². The van der Waals surface area contributed by atoms with Crippen molar-refractivity contribution >= 4 is 5.91 Å². The fourth-order valence-corrected chi connectivity index (χ4v) is 4.90. The first-order valence-electron chi connectivity index (χ1n) is 9.63. The molecule has 0 spiro atoms. The number of carbonyl (C=O) groups excluding carboxylic acids is 1. The van der Waals surface area contributed by atoms with E-state index in [-0.39, 0.29) is 5.91 Å². The van der Waals surface area contributed by atoms with Gasteiger partial charge in [-0.1, -0.05) is 12.5 Å². The van der Waals surface area contributed by atoms with Gasteiger partial charge in [-0.05, 0) is 55.5 Å². The first-order valence-corrected chi connectivity index (χ1v) is 9.63. The number of rotatable bonds is 4. The standard InChI is InChI=1S/C21H28N4O/c1-23-11-5-9-20(23)21(26)25-14-17-7-3-8-19(18(17)15-25)24(2)13-16-6-4-10-22-12-16/h4-6,9-12,17-19H,3,7-8,13-15H2,1-2H3/t17-,18+,19-/m1/s1. The third kappa shape index (κ3) is 3.28. The van der Waals surface area contributed by atoms with Gasteiger partial charge in [0.2, 0.25) is 0 Å². The first-order chi connectivity index (χ1) is 12.6. The zero-order valence-electron chi connectivity index (χ0n) is 15.7. The van der Waals surface area contributed by atoms with Crippen molar-refractivity contribution in [1.82, 2.24) is 19.4 Å². The fourth-order valence-electron chi connectivity index (χ4n) is 4.90. The maximum absolute atomic E-state index is 12.9. The summed E-state index contributed by atoms with van der Waals surface area (Å²) in [5.41, 5.74) is 2.05. The molecule has 0 aromatic carbocycles. The summed E-state index contributed by atoms with van der Waals surface area (Å²) in [6, 6.07) is 8.56. The van der Waals surface area contributed by atoms with Gasteiger partial charge >= 0.3 is 0 Å². The second-order valence-electron chi connectivity index (χ2n) is 7.91. The highest BCUT2D eigenvalue weighted by atomic mass is 16.2. The van der Waals surface area contributed by atoms with Gasteiger partial charge in [0.25, 0.3) is 5.91 Å². The summed E-state index contributed by atoms with van der Waals surface area (Å²) < 4.78 is 1.93. The molecular weight excluding hydrogens is 324 g/mol. The maximum Gasteiger partial charge on any atom is 0.270 e. The molecule has 3 heterocycles. The minimum Gasteiger partial charge on any atom is -0.347 e. The molecule has 1 aliphatic heterocycles. The molecule has 5 nitrogen and oxygen atoms in total. The normalized spacial score (nSPS) is 25.5. The topological polar surface area (TPSA) is 41.4 Å². The Kier molecular flexibility index (Phi) is 4.81. The quantitative estimate of drug-likeness (QED) is 0.850. The Labute approximate surface area is 155 Å². The first kappa shape index (κ1) is 17.3. The Hall–Kier alpha value is -2.14. The van der Waals surface area contributed by atoms with Gasteiger partial charge in [0.1, 0.15) is 5.69 Å². The number of hydrogen-bond acceptors (Lipinski definition) is 3. The molecule has 1 saturated heterocycles. The number of aromatic nitrogens is 2. The number of amides is 1. The molecule has 0 radical (unpaired) electrons. The minimum absolute atomic E-state index is 0.181. The average molecular weight is 352 g/mol. The van der Waals surface area contributed by atoms with E-state index >= 15 is 0 Å². The maximum atomic E-state index is 12.9. The van der Waals surface area contributed by atoms with E-state index in [0.717, 1.165) is 25.3 Å². The van der Waals surface area contributed by atoms with Crippen molar-refractivity contribution in [1.29, 1.82) is 0 Å². The molecule has 26 heavy (non-hydrogen) atoms. The molecule has 0 N–H and O–H groups in total. The van der Waals surface area contributed by atoms with Gasteiger partial charge < -0.3 is 9.47 Å². The summed E-state index contributed by atoms with van der Waals surface area (Å²) in [4.78, 5) is 21.7. The molecular formula is C21H28N4O. The minimum atomic E-state index is 0.181. The predicted octanol–water partition coefficient (Wildman–Crippen LogP) is 2.79. The van der Waals surface area contributed by atoms with Crippen molar-refractivity contribution in [2.24, 2.45) is 18.9 Å². The summed E-state index contributed by atoms with van der Waals surface area (Å²) in [6.45, 7) is 2.72. The number of pyridine rings is 1. The summed E-state index contributed by atoms with van der Waals surface area (Å²) in [7, 11) is 4.17. The molecule has 0 unspecified atom stereocenters. The van der Waals surface area contributed by atoms with Crippen LogP contribution in [0.4, 0.5) is 0 Å². The number of carbonyl (C=O) groups is 1. The third-order valence-corrected chi connectivity index (χ3v) is 6.23. The van der Waals surface area contributed by atoms with Crippen molar-refractivity contribution in [2.75, 3.05) is 20.1 Å². The number of nitrogens with zero attached hydrogens (tertiary/aromatic N) is 4. The Bertz CT molecular complexity index is 756. The van der Waals surface area contributed by atoms with Gasteiger partial charge in [-0.25, -0.2) is 0 Å². The Morgan fingerprint density at radius 2 is 2.15 bits per heavy atom. The predicted molar refractivity (Wildman–Crippen MR) is 102 cm³/mol. The summed E-state index contributed by atoms with van der Waals surface area (Å²) in [6.07, 6.45) is 9.46. The largest absolute Gasteiger partial charge is 0.347 e. The van der Waals surface area contributed by atoms with Crippen LogP contribution in [0.15, 0.2) is 42.9 Å². The third-order valence-electron chi connectivity index (χ3n) is 6.23. The highest BCUT2D eigenvalue weighted by Crippen LogP contribution is 2.39. The van der Waals surface area contributed by atoms with Crippen LogP contribution in [0, 0.1) is 11.8 Å². The molecule has 1 amide bonds. The van der Waals surface area contributed by atoms with E-state index in [0.29, 0.717) is 17.9 Å². The van der Waals surface area contributed by atoms with Crippen LogP contribution in [-0.4, -0.2) is 51.4 Å². The van der Waals surface area contributed by atoms with Crippen LogP contribution < -0.4 is 0 Å². The summed E-state index contributed by atoms with van der Waals surface area (Å²) in [5.74, 6) is 1.39. The van der Waals surface area contributed by atoms with Crippen LogP contribution in [-0.2, 0) is 13.6 Å². The zero-order chi connectivity index (χ0) is 18.1. The van der Waals surface area contributed by atoms with E-state index in [2.05, 4.69) is 27.9 Å². The van der Waals surface area contributed by atoms with Crippen molar-refractivity contribution in [3.05, 3.63) is 54.1 Å². The summed E-state index contributed by atoms with van der Waals surface area (Å²) >= 11 is 0. The number of fused-ring (bicyclic) bond motifs is 1. The molecule has 0 bridgehead atoms. The zero-order valence-corrected chi connectivity index (χ0v) is 15.7. The van der Waals surface area contributed by atoms with Crippen molar-refractivity contribution in [3.63, 3.8) is 0 Å². The molecule has 2 aromatic rings. The average Bonchev–Trinajstić information content (AvgIpc) is 3.27. The van der Waals surface area contributed by atoms with E-state index < -0.39 is 0 Å². The summed E-state index contributed by atoms with van der Waals surface area (Å²) in [5, 5.41) is 0. The SMILES string of the molecule is CN(Cc1cccnc1)[C@@H]1CCC[C@@H]2CN(C(=O)c3cccn3C)C[C@@H]21. The van der Waals surface area contributed by atoms with Crippen LogP contribution in [0.25, 0.3) is 0 Å². The molecule has 1 saturated carbocycles. The van der Waals surface area contributed by atoms with Crippen molar-refractivity contribution < 1.29 is 4.79 Å². The number of hydrogen-bond donors (Lipinski definition) is 0. The van der Waals surface area contributed by atoms with E-state index in [1.807, 2.05) is 48.4 Å². The van der Waals surface area contributed by atoms with E-state index in [9.17, 15) is 4.79 Å². The molecule has 138 valence electrons. The van der Waals surface area contributed by atoms with Gasteiger partial charge in [-0.3, -0.25) is 14.7 Å². The molecule has 5 heteroatoms. The van der Waals surface area contributed by atoms with Gasteiger partial charge in [0.15, 0.2) is 0 Å². The highest BCUT2D eigenvalue weighted by Gasteiger charge is 2.43. The number of likely N-dealkylation sites (tertiary alicyclic amines) is 1. The lowest BCUT2D eigenvalue weighted by Gasteiger charge is -2.39. The molecule has 1 aliphatic carbocycles. The van der Waals surface area contributed by atoms with Crippen LogP contribution in [0.1, 0.15) is 35.3 Å². The van der Waals surface area contributed by atoms with Gasteiger partial charge in [-0.2, -0.15) is 0 Å². The van der Waals surface area contributed by atoms with E-state index in [1.165, 1.54) is 24.8 Å². The fraction of sp³-hybridized carbons (Fsp3) is 0.524.